The van der Waals surface area contributed by atoms with Crippen molar-refractivity contribution in [3.63, 3.8) is 0 Å². The molecule has 0 aliphatic carbocycles. The fraction of sp³-hybridized carbons (Fsp3) is 0.208. The number of aliphatic imine (C=N–C) groups is 1. The molecule has 2 aromatic rings. The first-order chi connectivity index (χ1) is 14.9. The van der Waals surface area contributed by atoms with Gasteiger partial charge in [0.15, 0.2) is 23.2 Å². The van der Waals surface area contributed by atoms with Gasteiger partial charge in [0.1, 0.15) is 12.4 Å². The highest BCUT2D eigenvalue weighted by Gasteiger charge is 2.34. The van der Waals surface area contributed by atoms with Gasteiger partial charge in [-0.05, 0) is 50.1 Å². The number of nitrogens with one attached hydrogen (secondary N) is 1. The molecule has 4 rings (SSSR count). The molecule has 0 bridgehead atoms. The Labute approximate surface area is 180 Å². The van der Waals surface area contributed by atoms with E-state index in [1.807, 2.05) is 38.1 Å². The number of ether oxygens (including phenoxy) is 2. The minimum absolute atomic E-state index is 0.0548. The Morgan fingerprint density at radius 3 is 2.74 bits per heavy atom. The van der Waals surface area contributed by atoms with Gasteiger partial charge in [-0.3, -0.25) is 10.2 Å². The molecule has 7 heteroatoms. The highest BCUT2D eigenvalue weighted by atomic mass is 16.7. The molecular formula is C24H23N3O4. The second-order valence-corrected chi connectivity index (χ2v) is 7.24. The number of carbonyl (C=O) groups excluding carboxylic acids is 1. The highest BCUT2D eigenvalue weighted by molar-refractivity contribution is 6.32. The maximum atomic E-state index is 12.5. The summed E-state index contributed by atoms with van der Waals surface area (Å²) in [5.74, 6) is 1.53. The summed E-state index contributed by atoms with van der Waals surface area (Å²) in [6, 6.07) is 13.5. The van der Waals surface area contributed by atoms with E-state index in [-0.39, 0.29) is 11.4 Å². The van der Waals surface area contributed by atoms with Crippen molar-refractivity contribution in [1.82, 2.24) is 5.06 Å². The van der Waals surface area contributed by atoms with Gasteiger partial charge in [-0.25, -0.2) is 0 Å². The van der Waals surface area contributed by atoms with E-state index in [0.717, 1.165) is 5.56 Å². The van der Waals surface area contributed by atoms with E-state index in [1.54, 1.807) is 31.2 Å². The Morgan fingerprint density at radius 2 is 1.97 bits per heavy atom. The van der Waals surface area contributed by atoms with Crippen molar-refractivity contribution in [1.29, 1.82) is 5.41 Å². The summed E-state index contributed by atoms with van der Waals surface area (Å²) in [6.07, 6.45) is 3.23. The summed E-state index contributed by atoms with van der Waals surface area (Å²) in [7, 11) is 0. The summed E-state index contributed by atoms with van der Waals surface area (Å²) in [6.45, 7) is 6.56. The van der Waals surface area contributed by atoms with Gasteiger partial charge in [0, 0.05) is 6.08 Å². The molecule has 31 heavy (non-hydrogen) atoms. The number of hydroxylamine groups is 2. The SMILES string of the molecule is CCOc1cc(/C=C2/C(=N)N3OC(C)=CC3=NC2=O)ccc1OCc1cccc(C)c1. The quantitative estimate of drug-likeness (QED) is 0.703. The van der Waals surface area contributed by atoms with Crippen molar-refractivity contribution >= 4 is 23.7 Å². The molecule has 0 spiro atoms. The van der Waals surface area contributed by atoms with Crippen molar-refractivity contribution in [2.24, 2.45) is 4.99 Å². The predicted molar refractivity (Wildman–Crippen MR) is 118 cm³/mol. The van der Waals surface area contributed by atoms with Crippen molar-refractivity contribution in [3.8, 4) is 11.5 Å². The topological polar surface area (TPSA) is 84.2 Å². The third kappa shape index (κ3) is 4.35. The molecule has 0 radical (unpaired) electrons. The number of benzene rings is 2. The van der Waals surface area contributed by atoms with E-state index in [4.69, 9.17) is 19.7 Å². The Morgan fingerprint density at radius 1 is 1.13 bits per heavy atom. The summed E-state index contributed by atoms with van der Waals surface area (Å²) in [5.41, 5.74) is 3.08. The van der Waals surface area contributed by atoms with Crippen molar-refractivity contribution < 1.29 is 19.1 Å². The maximum Gasteiger partial charge on any atom is 0.282 e. The van der Waals surface area contributed by atoms with Crippen LogP contribution in [0.5, 0.6) is 11.5 Å². The standard InChI is InChI=1S/C24H23N3O4/c1-4-29-21-13-17(8-9-20(21)30-14-18-7-5-6-15(2)10-18)12-19-23(25)27-22(26-24(19)28)11-16(3)31-27/h5-13,25H,4,14H2,1-3H3/b19-12-,25-23?. The van der Waals surface area contributed by atoms with E-state index in [9.17, 15) is 4.79 Å². The van der Waals surface area contributed by atoms with Crippen LogP contribution < -0.4 is 9.47 Å². The third-order valence-electron chi connectivity index (χ3n) is 4.74. The van der Waals surface area contributed by atoms with E-state index in [1.165, 1.54) is 10.6 Å². The fourth-order valence-electron chi connectivity index (χ4n) is 3.33. The van der Waals surface area contributed by atoms with Gasteiger partial charge in [-0.2, -0.15) is 4.99 Å². The second kappa shape index (κ2) is 8.47. The highest BCUT2D eigenvalue weighted by Crippen LogP contribution is 2.31. The zero-order chi connectivity index (χ0) is 22.0. The number of nitrogens with zero attached hydrogens (tertiary/aromatic N) is 2. The fourth-order valence-corrected chi connectivity index (χ4v) is 3.33. The number of amides is 1. The van der Waals surface area contributed by atoms with Crippen LogP contribution in [0.4, 0.5) is 0 Å². The number of aryl methyl sites for hydroxylation is 1. The van der Waals surface area contributed by atoms with Gasteiger partial charge < -0.3 is 14.3 Å². The Kier molecular flexibility index (Phi) is 5.58. The van der Waals surface area contributed by atoms with Gasteiger partial charge in [0.2, 0.25) is 0 Å². The summed E-state index contributed by atoms with van der Waals surface area (Å²) >= 11 is 0. The van der Waals surface area contributed by atoms with Crippen molar-refractivity contribution in [2.45, 2.75) is 27.4 Å². The Bertz CT molecular complexity index is 1150. The number of allylic oxidation sites excluding steroid dienone is 1. The zero-order valence-corrected chi connectivity index (χ0v) is 17.6. The minimum Gasteiger partial charge on any atom is -0.490 e. The van der Waals surface area contributed by atoms with Crippen LogP contribution in [0.2, 0.25) is 0 Å². The number of fused-ring (bicyclic) bond motifs is 1. The number of carbonyl (C=O) groups is 1. The molecule has 2 aliphatic rings. The smallest absolute Gasteiger partial charge is 0.282 e. The molecule has 158 valence electrons. The molecule has 0 unspecified atom stereocenters. The summed E-state index contributed by atoms with van der Waals surface area (Å²) < 4.78 is 11.7. The molecule has 0 saturated heterocycles. The molecule has 2 aromatic carbocycles. The minimum atomic E-state index is -0.483. The lowest BCUT2D eigenvalue weighted by atomic mass is 10.1. The average Bonchev–Trinajstić information content (AvgIpc) is 3.11. The largest absolute Gasteiger partial charge is 0.490 e. The number of rotatable bonds is 6. The summed E-state index contributed by atoms with van der Waals surface area (Å²) in [4.78, 5) is 21.9. The molecule has 0 atom stereocenters. The Balaban J connectivity index is 1.57. The first-order valence-electron chi connectivity index (χ1n) is 10.00. The first kappa shape index (κ1) is 20.4. The zero-order valence-electron chi connectivity index (χ0n) is 17.6. The molecule has 2 heterocycles. The molecule has 1 amide bonds. The average molecular weight is 417 g/mol. The van der Waals surface area contributed by atoms with Gasteiger partial charge in [0.25, 0.3) is 5.91 Å². The van der Waals surface area contributed by atoms with Crippen LogP contribution in [0.3, 0.4) is 0 Å². The van der Waals surface area contributed by atoms with Gasteiger partial charge in [0.05, 0.1) is 12.2 Å². The van der Waals surface area contributed by atoms with Crippen LogP contribution in [0.1, 0.15) is 30.5 Å². The normalized spacial score (nSPS) is 16.6. The van der Waals surface area contributed by atoms with Gasteiger partial charge in [-0.1, -0.05) is 35.9 Å². The van der Waals surface area contributed by atoms with E-state index < -0.39 is 5.91 Å². The van der Waals surface area contributed by atoms with Crippen molar-refractivity contribution in [3.05, 3.63) is 76.6 Å². The van der Waals surface area contributed by atoms with E-state index in [0.29, 0.717) is 41.9 Å². The monoisotopic (exact) mass is 417 g/mol. The number of hydrogen-bond acceptors (Lipinski definition) is 5. The summed E-state index contributed by atoms with van der Waals surface area (Å²) in [5, 5.41) is 9.58. The number of hydrogen-bond donors (Lipinski definition) is 1. The lowest BCUT2D eigenvalue weighted by Crippen LogP contribution is -2.38. The van der Waals surface area contributed by atoms with Crippen LogP contribution >= 0.6 is 0 Å². The molecular weight excluding hydrogens is 394 g/mol. The lowest BCUT2D eigenvalue weighted by Gasteiger charge is -2.23. The Hall–Kier alpha value is -3.87. The maximum absolute atomic E-state index is 12.5. The molecule has 0 saturated carbocycles. The van der Waals surface area contributed by atoms with Gasteiger partial charge in [-0.15, -0.1) is 5.06 Å². The van der Waals surface area contributed by atoms with Crippen LogP contribution in [0, 0.1) is 12.3 Å². The second-order valence-electron chi connectivity index (χ2n) is 7.24. The molecule has 7 nitrogen and oxygen atoms in total. The predicted octanol–water partition coefficient (Wildman–Crippen LogP) is 4.42. The molecule has 0 fully saturated rings. The number of amidine groups is 2. The van der Waals surface area contributed by atoms with E-state index in [2.05, 4.69) is 11.1 Å². The first-order valence-corrected chi connectivity index (χ1v) is 10.00. The lowest BCUT2D eigenvalue weighted by molar-refractivity contribution is -0.114. The van der Waals surface area contributed by atoms with Crippen LogP contribution in [-0.2, 0) is 16.2 Å². The van der Waals surface area contributed by atoms with Crippen LogP contribution in [0.25, 0.3) is 6.08 Å². The van der Waals surface area contributed by atoms with Crippen molar-refractivity contribution in [2.75, 3.05) is 6.61 Å². The molecule has 0 aromatic heterocycles. The molecule has 1 N–H and O–H groups in total. The molecule has 2 aliphatic heterocycles. The van der Waals surface area contributed by atoms with Crippen LogP contribution in [0.15, 0.2) is 64.9 Å². The van der Waals surface area contributed by atoms with Gasteiger partial charge >= 0.3 is 0 Å². The van der Waals surface area contributed by atoms with Crippen LogP contribution in [-0.4, -0.2) is 29.2 Å². The van der Waals surface area contributed by atoms with E-state index >= 15 is 0 Å². The third-order valence-corrected chi connectivity index (χ3v) is 4.74.